The van der Waals surface area contributed by atoms with Crippen molar-refractivity contribution in [2.75, 3.05) is 20.0 Å². The van der Waals surface area contributed by atoms with Crippen LogP contribution in [-0.2, 0) is 13.9 Å². The minimum absolute atomic E-state index is 0.0461. The van der Waals surface area contributed by atoms with Crippen LogP contribution < -0.4 is 16.2 Å². The van der Waals surface area contributed by atoms with Gasteiger partial charge in [0, 0.05) is 7.11 Å². The first-order chi connectivity index (χ1) is 12.5. The van der Waals surface area contributed by atoms with Crippen molar-refractivity contribution in [1.29, 1.82) is 0 Å². The van der Waals surface area contributed by atoms with E-state index < -0.39 is 26.3 Å². The molecule has 2 rings (SSSR count). The molecule has 1 unspecified atom stereocenters. The monoisotopic (exact) mass is 399 g/mol. The normalized spacial score (nSPS) is 26.4. The SMILES string of the molecule is CC[C@H]1O[C@@H](n2cc(OC)c(N)nc2=O)C(OC)[C@H]1O[Si](C)(C)C(C)(C)C. The highest BCUT2D eigenvalue weighted by Gasteiger charge is 2.50. The van der Waals surface area contributed by atoms with Gasteiger partial charge in [-0.2, -0.15) is 4.98 Å². The fourth-order valence-electron chi connectivity index (χ4n) is 2.97. The number of rotatable bonds is 6. The highest BCUT2D eigenvalue weighted by Crippen LogP contribution is 2.42. The molecular weight excluding hydrogens is 366 g/mol. The summed E-state index contributed by atoms with van der Waals surface area (Å²) in [7, 11) is 1.02. The molecule has 1 aromatic heterocycles. The van der Waals surface area contributed by atoms with Gasteiger partial charge in [0.05, 0.1) is 19.4 Å². The fourth-order valence-corrected chi connectivity index (χ4v) is 4.29. The molecule has 1 aliphatic heterocycles. The van der Waals surface area contributed by atoms with Crippen LogP contribution >= 0.6 is 0 Å². The van der Waals surface area contributed by atoms with Crippen LogP contribution in [0.2, 0.25) is 18.1 Å². The van der Waals surface area contributed by atoms with Crippen molar-refractivity contribution < 1.29 is 18.6 Å². The van der Waals surface area contributed by atoms with E-state index in [4.69, 9.17) is 24.4 Å². The second-order valence-electron chi connectivity index (χ2n) is 8.40. The van der Waals surface area contributed by atoms with Crippen molar-refractivity contribution in [1.82, 2.24) is 9.55 Å². The van der Waals surface area contributed by atoms with Crippen molar-refractivity contribution in [3.63, 3.8) is 0 Å². The summed E-state index contributed by atoms with van der Waals surface area (Å²) in [5.74, 6) is 0.363. The lowest BCUT2D eigenvalue weighted by molar-refractivity contribution is -0.0541. The Morgan fingerprint density at radius 2 is 1.93 bits per heavy atom. The van der Waals surface area contributed by atoms with Crippen LogP contribution in [0.1, 0.15) is 40.3 Å². The standard InChI is InChI=1S/C18H33N3O5Si/c1-9-11-13(26-27(7,8)18(2,3)4)14(24-6)16(25-11)21-10-12(23-5)15(19)20-17(21)22/h10-11,13-14,16H,9H2,1-8H3,(H2,19,20,22)/t11-,13+,14?,16-/m1/s1. The minimum Gasteiger partial charge on any atom is -0.491 e. The number of methoxy groups -OCH3 is 2. The lowest BCUT2D eigenvalue weighted by Crippen LogP contribution is -2.49. The van der Waals surface area contributed by atoms with E-state index in [0.29, 0.717) is 5.75 Å². The Balaban J connectivity index is 2.43. The molecule has 0 bridgehead atoms. The molecule has 0 saturated carbocycles. The van der Waals surface area contributed by atoms with E-state index in [2.05, 4.69) is 38.8 Å². The second-order valence-corrected chi connectivity index (χ2v) is 13.2. The third-order valence-electron chi connectivity index (χ3n) is 5.64. The first-order valence-electron chi connectivity index (χ1n) is 9.25. The van der Waals surface area contributed by atoms with Gasteiger partial charge >= 0.3 is 5.69 Å². The topological polar surface area (TPSA) is 97.8 Å². The smallest absolute Gasteiger partial charge is 0.351 e. The fraction of sp³-hybridized carbons (Fsp3) is 0.778. The minimum atomic E-state index is -2.06. The number of nitrogens with zero attached hydrogens (tertiary/aromatic N) is 2. The van der Waals surface area contributed by atoms with Gasteiger partial charge in [-0.15, -0.1) is 0 Å². The summed E-state index contributed by atoms with van der Waals surface area (Å²) >= 11 is 0. The molecule has 9 heteroatoms. The van der Waals surface area contributed by atoms with E-state index in [9.17, 15) is 4.79 Å². The number of anilines is 1. The van der Waals surface area contributed by atoms with Crippen LogP contribution in [0.5, 0.6) is 5.75 Å². The van der Waals surface area contributed by atoms with Gasteiger partial charge in [0.25, 0.3) is 0 Å². The average molecular weight is 400 g/mol. The van der Waals surface area contributed by atoms with E-state index >= 15 is 0 Å². The number of nitrogen functional groups attached to an aromatic ring is 1. The van der Waals surface area contributed by atoms with E-state index in [0.717, 1.165) is 6.42 Å². The summed E-state index contributed by atoms with van der Waals surface area (Å²) in [6.07, 6.45) is 0.680. The van der Waals surface area contributed by atoms with Crippen molar-refractivity contribution in [2.24, 2.45) is 0 Å². The van der Waals surface area contributed by atoms with Crippen LogP contribution in [-0.4, -0.2) is 50.4 Å². The average Bonchev–Trinajstić information content (AvgIpc) is 2.90. The van der Waals surface area contributed by atoms with Gasteiger partial charge in [0.1, 0.15) is 12.2 Å². The summed E-state index contributed by atoms with van der Waals surface area (Å²) < 4.78 is 25.2. The molecule has 154 valence electrons. The molecule has 8 nitrogen and oxygen atoms in total. The maximum Gasteiger partial charge on any atom is 0.351 e. The van der Waals surface area contributed by atoms with Crippen molar-refractivity contribution in [2.45, 2.75) is 76.8 Å². The van der Waals surface area contributed by atoms with E-state index in [1.54, 1.807) is 7.11 Å². The first-order valence-corrected chi connectivity index (χ1v) is 12.2. The lowest BCUT2D eigenvalue weighted by atomic mass is 10.1. The maximum absolute atomic E-state index is 12.5. The summed E-state index contributed by atoms with van der Waals surface area (Å²) in [5, 5.41) is 0.0461. The van der Waals surface area contributed by atoms with Gasteiger partial charge in [-0.3, -0.25) is 4.57 Å². The third kappa shape index (κ3) is 4.21. The number of nitrogens with two attached hydrogens (primary N) is 1. The van der Waals surface area contributed by atoms with Crippen LogP contribution in [0.3, 0.4) is 0 Å². The Morgan fingerprint density at radius 3 is 2.41 bits per heavy atom. The summed E-state index contributed by atoms with van der Waals surface area (Å²) in [4.78, 5) is 16.3. The zero-order valence-electron chi connectivity index (χ0n) is 17.6. The second kappa shape index (κ2) is 7.90. The van der Waals surface area contributed by atoms with Gasteiger partial charge in [0.15, 0.2) is 26.1 Å². The van der Waals surface area contributed by atoms with Gasteiger partial charge < -0.3 is 24.4 Å². The summed E-state index contributed by atoms with van der Waals surface area (Å²) in [5.41, 5.74) is 5.23. The number of hydrogen-bond acceptors (Lipinski definition) is 7. The lowest BCUT2D eigenvalue weighted by Gasteiger charge is -2.40. The zero-order valence-corrected chi connectivity index (χ0v) is 18.6. The molecule has 2 heterocycles. The zero-order chi connectivity index (χ0) is 20.6. The molecule has 1 aliphatic rings. The van der Waals surface area contributed by atoms with Crippen LogP contribution in [0.4, 0.5) is 5.82 Å². The van der Waals surface area contributed by atoms with E-state index in [1.165, 1.54) is 17.9 Å². The Kier molecular flexibility index (Phi) is 6.40. The molecule has 27 heavy (non-hydrogen) atoms. The van der Waals surface area contributed by atoms with Crippen molar-refractivity contribution in [3.05, 3.63) is 16.7 Å². The molecular formula is C18H33N3O5Si. The third-order valence-corrected chi connectivity index (χ3v) is 10.1. The van der Waals surface area contributed by atoms with Crippen LogP contribution in [0.25, 0.3) is 0 Å². The Labute approximate surface area is 162 Å². The van der Waals surface area contributed by atoms with Gasteiger partial charge in [-0.05, 0) is 24.6 Å². The van der Waals surface area contributed by atoms with E-state index in [-0.39, 0.29) is 23.1 Å². The highest BCUT2D eigenvalue weighted by molar-refractivity contribution is 6.74. The van der Waals surface area contributed by atoms with Gasteiger partial charge in [0.2, 0.25) is 0 Å². The largest absolute Gasteiger partial charge is 0.491 e. The van der Waals surface area contributed by atoms with Gasteiger partial charge in [-0.1, -0.05) is 27.7 Å². The molecule has 1 fully saturated rings. The summed E-state index contributed by atoms with van der Waals surface area (Å²) in [6, 6.07) is 0. The highest BCUT2D eigenvalue weighted by atomic mass is 28.4. The molecule has 4 atom stereocenters. The molecule has 0 amide bonds. The molecule has 1 aromatic rings. The van der Waals surface area contributed by atoms with Gasteiger partial charge in [-0.25, -0.2) is 4.79 Å². The molecule has 0 aromatic carbocycles. The Bertz CT molecular complexity index is 716. The van der Waals surface area contributed by atoms with Crippen molar-refractivity contribution >= 4 is 14.1 Å². The molecule has 1 saturated heterocycles. The number of aromatic nitrogens is 2. The first kappa shape index (κ1) is 21.9. The molecule has 0 radical (unpaired) electrons. The number of ether oxygens (including phenoxy) is 3. The molecule has 2 N–H and O–H groups in total. The van der Waals surface area contributed by atoms with Crippen molar-refractivity contribution in [3.8, 4) is 5.75 Å². The van der Waals surface area contributed by atoms with Crippen LogP contribution in [0.15, 0.2) is 11.0 Å². The molecule has 0 aliphatic carbocycles. The molecule has 0 spiro atoms. The van der Waals surface area contributed by atoms with E-state index in [1.807, 2.05) is 6.92 Å². The Morgan fingerprint density at radius 1 is 1.30 bits per heavy atom. The number of hydrogen-bond donors (Lipinski definition) is 1. The Hall–Kier alpha value is -1.42. The predicted molar refractivity (Wildman–Crippen MR) is 107 cm³/mol. The summed E-state index contributed by atoms with van der Waals surface area (Å²) in [6.45, 7) is 13.0. The van der Waals surface area contributed by atoms with Crippen LogP contribution in [0, 0.1) is 0 Å². The predicted octanol–water partition coefficient (Wildman–Crippen LogP) is 2.55. The maximum atomic E-state index is 12.5. The quantitative estimate of drug-likeness (QED) is 0.734.